The van der Waals surface area contributed by atoms with E-state index in [0.717, 1.165) is 15.6 Å². The number of benzene rings is 2. The topological polar surface area (TPSA) is 29.5 Å². The second-order valence-corrected chi connectivity index (χ2v) is 4.68. The highest BCUT2D eigenvalue weighted by atomic mass is 79.9. The van der Waals surface area contributed by atoms with Crippen molar-refractivity contribution < 1.29 is 14.2 Å². The highest BCUT2D eigenvalue weighted by Crippen LogP contribution is 2.20. The van der Waals surface area contributed by atoms with E-state index >= 15 is 0 Å². The maximum absolute atomic E-state index is 13.1. The van der Waals surface area contributed by atoms with Crippen LogP contribution in [0, 0.1) is 5.82 Å². The Hall–Kier alpha value is -1.39. The van der Waals surface area contributed by atoms with E-state index in [9.17, 15) is 4.39 Å². The number of hydrogen-bond acceptors (Lipinski definition) is 2. The molecular weight excluding hydrogens is 299 g/mol. The van der Waals surface area contributed by atoms with E-state index in [1.54, 1.807) is 30.3 Å². The van der Waals surface area contributed by atoms with Crippen LogP contribution in [-0.2, 0) is 13.2 Å². The van der Waals surface area contributed by atoms with Crippen LogP contribution in [0.3, 0.4) is 0 Å². The molecule has 2 aromatic rings. The number of hydrogen-bond donors (Lipinski definition) is 1. The third kappa shape index (κ3) is 3.31. The molecule has 0 atom stereocenters. The molecule has 0 amide bonds. The van der Waals surface area contributed by atoms with Gasteiger partial charge in [0, 0.05) is 10.0 Å². The lowest BCUT2D eigenvalue weighted by Gasteiger charge is -2.08. The Balaban J connectivity index is 2.04. The molecule has 0 fully saturated rings. The lowest BCUT2D eigenvalue weighted by Crippen LogP contribution is -1.97. The molecule has 2 nitrogen and oxygen atoms in total. The van der Waals surface area contributed by atoms with Crippen LogP contribution in [0.4, 0.5) is 4.39 Å². The minimum atomic E-state index is -0.285. The van der Waals surface area contributed by atoms with Crippen LogP contribution in [0.1, 0.15) is 11.1 Å². The monoisotopic (exact) mass is 310 g/mol. The first-order valence-electron chi connectivity index (χ1n) is 5.45. The Bertz CT molecular complexity index is 526. The van der Waals surface area contributed by atoms with Crippen molar-refractivity contribution in [2.45, 2.75) is 13.2 Å². The molecule has 0 unspecified atom stereocenters. The standard InChI is InChI=1S/C14H12BrFO2/c15-14-6-3-12(16)7-11(14)9-18-13-4-1-10(8-17)2-5-13/h1-7,17H,8-9H2. The summed E-state index contributed by atoms with van der Waals surface area (Å²) >= 11 is 3.35. The Morgan fingerprint density at radius 3 is 2.50 bits per heavy atom. The van der Waals surface area contributed by atoms with Crippen LogP contribution in [-0.4, -0.2) is 5.11 Å². The van der Waals surface area contributed by atoms with Crippen molar-refractivity contribution in [1.29, 1.82) is 0 Å². The van der Waals surface area contributed by atoms with Gasteiger partial charge in [0.1, 0.15) is 18.2 Å². The third-order valence-corrected chi connectivity index (χ3v) is 3.28. The van der Waals surface area contributed by atoms with Gasteiger partial charge in [-0.05, 0) is 35.9 Å². The number of halogens is 2. The molecule has 0 aliphatic heterocycles. The van der Waals surface area contributed by atoms with Crippen molar-refractivity contribution in [2.75, 3.05) is 0 Å². The van der Waals surface area contributed by atoms with Gasteiger partial charge in [0.15, 0.2) is 0 Å². The Morgan fingerprint density at radius 2 is 1.83 bits per heavy atom. The molecule has 18 heavy (non-hydrogen) atoms. The van der Waals surface area contributed by atoms with Crippen molar-refractivity contribution >= 4 is 15.9 Å². The van der Waals surface area contributed by atoms with E-state index in [2.05, 4.69) is 15.9 Å². The third-order valence-electron chi connectivity index (χ3n) is 2.51. The van der Waals surface area contributed by atoms with Crippen molar-refractivity contribution in [3.05, 3.63) is 63.9 Å². The SMILES string of the molecule is OCc1ccc(OCc2cc(F)ccc2Br)cc1. The summed E-state index contributed by atoms with van der Waals surface area (Å²) < 4.78 is 19.4. The molecule has 0 aliphatic carbocycles. The fourth-order valence-electron chi connectivity index (χ4n) is 1.51. The Kier molecular flexibility index (Phi) is 4.33. The van der Waals surface area contributed by atoms with Crippen LogP contribution >= 0.6 is 15.9 Å². The van der Waals surface area contributed by atoms with Gasteiger partial charge in [0.05, 0.1) is 6.61 Å². The van der Waals surface area contributed by atoms with Gasteiger partial charge < -0.3 is 9.84 Å². The smallest absolute Gasteiger partial charge is 0.123 e. The molecule has 4 heteroatoms. The maximum atomic E-state index is 13.1. The summed E-state index contributed by atoms with van der Waals surface area (Å²) in [5, 5.41) is 8.91. The molecular formula is C14H12BrFO2. The number of aliphatic hydroxyl groups excluding tert-OH is 1. The second kappa shape index (κ2) is 5.98. The van der Waals surface area contributed by atoms with E-state index in [1.165, 1.54) is 12.1 Å². The zero-order valence-corrected chi connectivity index (χ0v) is 11.2. The van der Waals surface area contributed by atoms with Gasteiger partial charge in [-0.1, -0.05) is 28.1 Å². The zero-order valence-electron chi connectivity index (χ0n) is 9.57. The average Bonchev–Trinajstić information content (AvgIpc) is 2.40. The van der Waals surface area contributed by atoms with E-state index < -0.39 is 0 Å². The fourth-order valence-corrected chi connectivity index (χ4v) is 1.87. The predicted molar refractivity (Wildman–Crippen MR) is 70.8 cm³/mol. The predicted octanol–water partition coefficient (Wildman–Crippen LogP) is 3.66. The van der Waals surface area contributed by atoms with E-state index in [4.69, 9.17) is 9.84 Å². The lowest BCUT2D eigenvalue weighted by atomic mass is 10.2. The van der Waals surface area contributed by atoms with Gasteiger partial charge >= 0.3 is 0 Å². The Labute approximate surface area is 113 Å². The lowest BCUT2D eigenvalue weighted by molar-refractivity contribution is 0.280. The van der Waals surface area contributed by atoms with Crippen LogP contribution in [0.5, 0.6) is 5.75 Å². The first kappa shape index (κ1) is 13.1. The molecule has 0 saturated heterocycles. The van der Waals surface area contributed by atoms with Gasteiger partial charge in [0.2, 0.25) is 0 Å². The number of ether oxygens (including phenoxy) is 1. The first-order valence-corrected chi connectivity index (χ1v) is 6.25. The van der Waals surface area contributed by atoms with Crippen LogP contribution < -0.4 is 4.74 Å². The quantitative estimate of drug-likeness (QED) is 0.934. The molecule has 1 N–H and O–H groups in total. The minimum absolute atomic E-state index is 0.00965. The van der Waals surface area contributed by atoms with E-state index in [0.29, 0.717) is 5.75 Å². The Morgan fingerprint density at radius 1 is 1.11 bits per heavy atom. The van der Waals surface area contributed by atoms with Crippen molar-refractivity contribution in [1.82, 2.24) is 0 Å². The molecule has 0 bridgehead atoms. The first-order chi connectivity index (χ1) is 8.69. The summed E-state index contributed by atoms with van der Waals surface area (Å²) in [6.45, 7) is 0.298. The molecule has 0 saturated carbocycles. The summed E-state index contributed by atoms with van der Waals surface area (Å²) in [5.74, 6) is 0.399. The van der Waals surface area contributed by atoms with Crippen molar-refractivity contribution in [3.63, 3.8) is 0 Å². The van der Waals surface area contributed by atoms with Crippen molar-refractivity contribution in [3.8, 4) is 5.75 Å². The summed E-state index contributed by atoms with van der Waals surface area (Å²) in [6, 6.07) is 11.6. The molecule has 0 radical (unpaired) electrons. The van der Waals surface area contributed by atoms with Gasteiger partial charge in [0.25, 0.3) is 0 Å². The van der Waals surface area contributed by atoms with Crippen LogP contribution in [0.15, 0.2) is 46.9 Å². The minimum Gasteiger partial charge on any atom is -0.489 e. The summed E-state index contributed by atoms with van der Waals surface area (Å²) in [7, 11) is 0. The molecule has 0 aliphatic rings. The number of aliphatic hydroxyl groups is 1. The van der Waals surface area contributed by atoms with E-state index in [1.807, 2.05) is 0 Å². The van der Waals surface area contributed by atoms with E-state index in [-0.39, 0.29) is 19.0 Å². The molecule has 0 aromatic heterocycles. The highest BCUT2D eigenvalue weighted by Gasteiger charge is 2.03. The molecule has 0 heterocycles. The van der Waals surface area contributed by atoms with Gasteiger partial charge in [-0.2, -0.15) is 0 Å². The molecule has 2 aromatic carbocycles. The fraction of sp³-hybridized carbons (Fsp3) is 0.143. The van der Waals surface area contributed by atoms with Crippen LogP contribution in [0.2, 0.25) is 0 Å². The zero-order chi connectivity index (χ0) is 13.0. The molecule has 2 rings (SSSR count). The summed E-state index contributed by atoms with van der Waals surface area (Å²) in [5.41, 5.74) is 1.58. The second-order valence-electron chi connectivity index (χ2n) is 3.83. The largest absolute Gasteiger partial charge is 0.489 e. The maximum Gasteiger partial charge on any atom is 0.123 e. The number of rotatable bonds is 4. The summed E-state index contributed by atoms with van der Waals surface area (Å²) in [6.07, 6.45) is 0. The highest BCUT2D eigenvalue weighted by molar-refractivity contribution is 9.10. The van der Waals surface area contributed by atoms with Crippen LogP contribution in [0.25, 0.3) is 0 Å². The van der Waals surface area contributed by atoms with Gasteiger partial charge in [-0.15, -0.1) is 0 Å². The normalized spacial score (nSPS) is 10.4. The molecule has 94 valence electrons. The van der Waals surface area contributed by atoms with Crippen molar-refractivity contribution in [2.24, 2.45) is 0 Å². The molecule has 0 spiro atoms. The average molecular weight is 311 g/mol. The summed E-state index contributed by atoms with van der Waals surface area (Å²) in [4.78, 5) is 0. The van der Waals surface area contributed by atoms with Gasteiger partial charge in [-0.25, -0.2) is 4.39 Å². The van der Waals surface area contributed by atoms with Gasteiger partial charge in [-0.3, -0.25) is 0 Å².